The number of piperazine rings is 1. The molecule has 2 aromatic rings. The number of carbonyl (C=O) groups is 1. The summed E-state index contributed by atoms with van der Waals surface area (Å²) in [6.07, 6.45) is 0.375. The van der Waals surface area contributed by atoms with Gasteiger partial charge in [-0.25, -0.2) is 0 Å². The van der Waals surface area contributed by atoms with E-state index in [0.717, 1.165) is 13.1 Å². The second-order valence-corrected chi connectivity index (χ2v) is 7.23. The van der Waals surface area contributed by atoms with Crippen LogP contribution in [0.3, 0.4) is 0 Å². The molecule has 158 valence electrons. The highest BCUT2D eigenvalue weighted by Crippen LogP contribution is 2.32. The van der Waals surface area contributed by atoms with Crippen molar-refractivity contribution in [2.75, 3.05) is 56.2 Å². The van der Waals surface area contributed by atoms with E-state index in [1.165, 1.54) is 6.07 Å². The van der Waals surface area contributed by atoms with E-state index in [1.54, 1.807) is 30.3 Å². The molecule has 0 spiro atoms. The van der Waals surface area contributed by atoms with Crippen LogP contribution in [0.1, 0.15) is 6.42 Å². The second kappa shape index (κ2) is 9.00. The van der Waals surface area contributed by atoms with Crippen LogP contribution in [0.2, 0.25) is 0 Å². The molecule has 30 heavy (non-hydrogen) atoms. The Morgan fingerprint density at radius 2 is 1.77 bits per heavy atom. The molecule has 1 amide bonds. The number of carbonyl (C=O) groups excluding carboxylic acids is 1. The number of para-hydroxylation sites is 2. The van der Waals surface area contributed by atoms with Gasteiger partial charge >= 0.3 is 0 Å². The van der Waals surface area contributed by atoms with Crippen molar-refractivity contribution >= 4 is 23.0 Å². The summed E-state index contributed by atoms with van der Waals surface area (Å²) in [5.41, 5.74) is 1.47. The quantitative estimate of drug-likeness (QED) is 0.575. The lowest BCUT2D eigenvalue weighted by Crippen LogP contribution is -2.47. The predicted octanol–water partition coefficient (Wildman–Crippen LogP) is 2.52. The third-order valence-electron chi connectivity index (χ3n) is 5.27. The van der Waals surface area contributed by atoms with Gasteiger partial charge in [0.1, 0.15) is 18.9 Å². The molecule has 0 saturated carbocycles. The van der Waals surface area contributed by atoms with Gasteiger partial charge in [-0.1, -0.05) is 12.1 Å². The fraction of sp³-hybridized carbons (Fsp3) is 0.381. The van der Waals surface area contributed by atoms with Crippen molar-refractivity contribution in [3.63, 3.8) is 0 Å². The highest BCUT2D eigenvalue weighted by molar-refractivity contribution is 5.91. The number of hydrogen-bond donors (Lipinski definition) is 1. The summed E-state index contributed by atoms with van der Waals surface area (Å²) < 4.78 is 11.0. The highest BCUT2D eigenvalue weighted by atomic mass is 16.6. The number of amides is 1. The van der Waals surface area contributed by atoms with Crippen molar-refractivity contribution in [2.24, 2.45) is 0 Å². The summed E-state index contributed by atoms with van der Waals surface area (Å²) in [5.74, 6) is 1.27. The van der Waals surface area contributed by atoms with Crippen LogP contribution < -0.4 is 19.7 Å². The summed E-state index contributed by atoms with van der Waals surface area (Å²) in [4.78, 5) is 27.5. The van der Waals surface area contributed by atoms with Gasteiger partial charge in [-0.2, -0.15) is 0 Å². The first kappa shape index (κ1) is 20.0. The van der Waals surface area contributed by atoms with Gasteiger partial charge in [-0.05, 0) is 18.2 Å². The molecule has 0 bridgehead atoms. The highest BCUT2D eigenvalue weighted by Gasteiger charge is 2.23. The first-order valence-electron chi connectivity index (χ1n) is 10.0. The van der Waals surface area contributed by atoms with Gasteiger partial charge in [0.25, 0.3) is 5.69 Å². The molecule has 0 atom stereocenters. The zero-order valence-corrected chi connectivity index (χ0v) is 16.6. The number of hydrogen-bond acceptors (Lipinski definition) is 7. The first-order chi connectivity index (χ1) is 14.6. The lowest BCUT2D eigenvalue weighted by Gasteiger charge is -2.35. The van der Waals surface area contributed by atoms with E-state index in [2.05, 4.69) is 10.2 Å². The van der Waals surface area contributed by atoms with Gasteiger partial charge in [0.05, 0.1) is 4.92 Å². The number of nitro groups is 1. The maximum absolute atomic E-state index is 12.3. The Balaban J connectivity index is 1.25. The molecule has 9 heteroatoms. The van der Waals surface area contributed by atoms with Crippen molar-refractivity contribution in [1.29, 1.82) is 0 Å². The van der Waals surface area contributed by atoms with Gasteiger partial charge in [0, 0.05) is 57.0 Å². The molecule has 1 fully saturated rings. The number of ether oxygens (including phenoxy) is 2. The van der Waals surface area contributed by atoms with Crippen LogP contribution in [0.4, 0.5) is 17.1 Å². The molecule has 1 N–H and O–H groups in total. The smallest absolute Gasteiger partial charge is 0.292 e. The number of rotatable bonds is 6. The molecule has 2 aliphatic rings. The van der Waals surface area contributed by atoms with Crippen LogP contribution in [0.15, 0.2) is 42.5 Å². The Bertz CT molecular complexity index is 927. The Hall–Kier alpha value is -3.33. The van der Waals surface area contributed by atoms with Crippen molar-refractivity contribution in [3.8, 4) is 11.5 Å². The van der Waals surface area contributed by atoms with Gasteiger partial charge in [0.2, 0.25) is 5.91 Å². The van der Waals surface area contributed by atoms with E-state index in [4.69, 9.17) is 9.47 Å². The molecule has 2 aromatic carbocycles. The molecule has 0 radical (unpaired) electrons. The second-order valence-electron chi connectivity index (χ2n) is 7.23. The van der Waals surface area contributed by atoms with E-state index in [0.29, 0.717) is 62.1 Å². The Morgan fingerprint density at radius 3 is 2.53 bits per heavy atom. The Morgan fingerprint density at radius 1 is 1.03 bits per heavy atom. The first-order valence-corrected chi connectivity index (χ1v) is 10.0. The molecule has 1 saturated heterocycles. The molecule has 0 unspecified atom stereocenters. The van der Waals surface area contributed by atoms with Crippen LogP contribution in [0, 0.1) is 10.1 Å². The number of fused-ring (bicyclic) bond motifs is 1. The predicted molar refractivity (Wildman–Crippen MR) is 112 cm³/mol. The largest absolute Gasteiger partial charge is 0.486 e. The molecule has 4 rings (SSSR count). The topological polar surface area (TPSA) is 97.2 Å². The average molecular weight is 412 g/mol. The summed E-state index contributed by atoms with van der Waals surface area (Å²) in [5, 5.41) is 14.1. The third kappa shape index (κ3) is 4.62. The third-order valence-corrected chi connectivity index (χ3v) is 5.27. The van der Waals surface area contributed by atoms with Gasteiger partial charge in [0.15, 0.2) is 11.5 Å². The Kier molecular flexibility index (Phi) is 5.99. The van der Waals surface area contributed by atoms with Crippen LogP contribution in [0.5, 0.6) is 11.5 Å². The van der Waals surface area contributed by atoms with E-state index in [9.17, 15) is 14.9 Å². The fourth-order valence-corrected chi connectivity index (χ4v) is 3.70. The maximum Gasteiger partial charge on any atom is 0.292 e. The van der Waals surface area contributed by atoms with Crippen molar-refractivity contribution in [1.82, 2.24) is 4.90 Å². The molecule has 2 aliphatic heterocycles. The normalized spacial score (nSPS) is 16.2. The summed E-state index contributed by atoms with van der Waals surface area (Å²) in [6.45, 7) is 4.56. The number of nitrogens with zero attached hydrogens (tertiary/aromatic N) is 3. The van der Waals surface area contributed by atoms with Crippen molar-refractivity contribution < 1.29 is 19.2 Å². The van der Waals surface area contributed by atoms with Crippen LogP contribution in [-0.2, 0) is 4.79 Å². The molecule has 9 nitrogen and oxygen atoms in total. The molecule has 0 aliphatic carbocycles. The van der Waals surface area contributed by atoms with Crippen LogP contribution in [-0.4, -0.2) is 61.7 Å². The van der Waals surface area contributed by atoms with E-state index >= 15 is 0 Å². The fourth-order valence-electron chi connectivity index (χ4n) is 3.70. The number of benzene rings is 2. The summed E-state index contributed by atoms with van der Waals surface area (Å²) >= 11 is 0. The minimum atomic E-state index is -0.343. The standard InChI is InChI=1S/C21H24N4O5/c26-21(22-16-5-6-19-20(15-16)30-14-13-29-19)7-8-23-9-11-24(12-10-23)17-3-1-2-4-18(17)25(27)28/h1-6,15H,7-14H2,(H,22,26). The van der Waals surface area contributed by atoms with Gasteiger partial charge in [-0.15, -0.1) is 0 Å². The van der Waals surface area contributed by atoms with Crippen molar-refractivity contribution in [2.45, 2.75) is 6.42 Å². The maximum atomic E-state index is 12.3. The molecule has 2 heterocycles. The zero-order chi connectivity index (χ0) is 20.9. The Labute approximate surface area is 174 Å². The molecule has 0 aromatic heterocycles. The lowest BCUT2D eigenvalue weighted by molar-refractivity contribution is -0.384. The summed E-state index contributed by atoms with van der Waals surface area (Å²) in [7, 11) is 0. The minimum absolute atomic E-state index is 0.0622. The van der Waals surface area contributed by atoms with Crippen LogP contribution in [0.25, 0.3) is 0 Å². The van der Waals surface area contributed by atoms with Crippen molar-refractivity contribution in [3.05, 3.63) is 52.6 Å². The molecular weight excluding hydrogens is 388 g/mol. The SMILES string of the molecule is O=C(CCN1CCN(c2ccccc2[N+](=O)[O-])CC1)Nc1ccc2c(c1)OCCO2. The van der Waals surface area contributed by atoms with Gasteiger partial charge < -0.3 is 19.7 Å². The minimum Gasteiger partial charge on any atom is -0.486 e. The van der Waals surface area contributed by atoms with Gasteiger partial charge in [-0.3, -0.25) is 19.8 Å². The number of nitrogens with one attached hydrogen (secondary N) is 1. The zero-order valence-electron chi connectivity index (χ0n) is 16.6. The lowest BCUT2D eigenvalue weighted by atomic mass is 10.2. The van der Waals surface area contributed by atoms with E-state index in [-0.39, 0.29) is 16.5 Å². The monoisotopic (exact) mass is 412 g/mol. The van der Waals surface area contributed by atoms with E-state index < -0.39 is 0 Å². The average Bonchev–Trinajstić information content (AvgIpc) is 2.78. The van der Waals surface area contributed by atoms with E-state index in [1.807, 2.05) is 11.0 Å². The summed E-state index contributed by atoms with van der Waals surface area (Å²) in [6, 6.07) is 12.2. The number of nitro benzene ring substituents is 1. The molecular formula is C21H24N4O5. The van der Waals surface area contributed by atoms with Crippen LogP contribution >= 0.6 is 0 Å². The number of anilines is 2.